The Labute approximate surface area is 166 Å². The smallest absolute Gasteiger partial charge is 0.359 e. The second-order valence-corrected chi connectivity index (χ2v) is 9.72. The second kappa shape index (κ2) is 7.33. The number of nitrogens with one attached hydrogen (secondary N) is 1. The first-order chi connectivity index (χ1) is 13.1. The van der Waals surface area contributed by atoms with E-state index < -0.39 is 30.5 Å². The van der Waals surface area contributed by atoms with Gasteiger partial charge in [-0.15, -0.1) is 0 Å². The van der Waals surface area contributed by atoms with Crippen LogP contribution in [-0.4, -0.2) is 33.9 Å². The van der Waals surface area contributed by atoms with Gasteiger partial charge >= 0.3 is 8.03 Å². The van der Waals surface area contributed by atoms with Crippen LogP contribution in [0.4, 0.5) is 0 Å². The van der Waals surface area contributed by atoms with Gasteiger partial charge in [0.25, 0.3) is 5.91 Å². The van der Waals surface area contributed by atoms with Crippen molar-refractivity contribution < 1.29 is 23.8 Å². The summed E-state index contributed by atoms with van der Waals surface area (Å²) < 4.78 is 17.3. The fourth-order valence-corrected chi connectivity index (χ4v) is 5.52. The molecular formula is C21H29NO5P+. The van der Waals surface area contributed by atoms with Crippen molar-refractivity contribution in [2.45, 2.75) is 58.3 Å². The van der Waals surface area contributed by atoms with Crippen LogP contribution in [0.25, 0.3) is 0 Å². The number of hydrogen-bond acceptors (Lipinski definition) is 4. The molecule has 7 heteroatoms. The van der Waals surface area contributed by atoms with E-state index in [1.54, 1.807) is 0 Å². The van der Waals surface area contributed by atoms with E-state index in [-0.39, 0.29) is 30.4 Å². The summed E-state index contributed by atoms with van der Waals surface area (Å²) in [5.41, 5.74) is -1.81. The molecule has 1 aliphatic carbocycles. The molecule has 1 aromatic carbocycles. The van der Waals surface area contributed by atoms with E-state index in [1.807, 2.05) is 58.0 Å². The molecule has 1 saturated carbocycles. The minimum absolute atomic E-state index is 0.0201. The topological polar surface area (TPSA) is 92.7 Å². The van der Waals surface area contributed by atoms with E-state index >= 15 is 0 Å². The van der Waals surface area contributed by atoms with E-state index in [9.17, 15) is 14.2 Å². The predicted octanol–water partition coefficient (Wildman–Crippen LogP) is 3.21. The Bertz CT molecular complexity index is 795. The lowest BCUT2D eigenvalue weighted by molar-refractivity contribution is -0.155. The van der Waals surface area contributed by atoms with Crippen LogP contribution in [0, 0.1) is 17.3 Å². The molecule has 1 aliphatic heterocycles. The number of piperidine rings is 1. The summed E-state index contributed by atoms with van der Waals surface area (Å²) in [6, 6.07) is 9.59. The monoisotopic (exact) mass is 406 g/mol. The lowest BCUT2D eigenvalue weighted by Crippen LogP contribution is -2.66. The summed E-state index contributed by atoms with van der Waals surface area (Å²) in [7, 11) is -2.27. The summed E-state index contributed by atoms with van der Waals surface area (Å²) >= 11 is 0. The second-order valence-electron chi connectivity index (χ2n) is 8.57. The van der Waals surface area contributed by atoms with Crippen molar-refractivity contribution >= 4 is 19.7 Å². The molecule has 0 bridgehead atoms. The molecule has 1 saturated heterocycles. The Morgan fingerprint density at radius 1 is 1.25 bits per heavy atom. The average molecular weight is 406 g/mol. The van der Waals surface area contributed by atoms with Gasteiger partial charge < -0.3 is 10.1 Å². The Morgan fingerprint density at radius 2 is 1.89 bits per heavy atom. The van der Waals surface area contributed by atoms with E-state index in [4.69, 9.17) is 9.63 Å². The number of carbonyl (C=O) groups is 2. The van der Waals surface area contributed by atoms with Crippen LogP contribution in [0.1, 0.15) is 46.1 Å². The van der Waals surface area contributed by atoms with Gasteiger partial charge in [0.2, 0.25) is 0 Å². The van der Waals surface area contributed by atoms with Crippen molar-refractivity contribution in [2.75, 3.05) is 6.16 Å². The Balaban J connectivity index is 1.85. The van der Waals surface area contributed by atoms with Crippen LogP contribution in [-0.2, 0) is 25.5 Å². The summed E-state index contributed by atoms with van der Waals surface area (Å²) in [5, 5.41) is 2.99. The highest BCUT2D eigenvalue weighted by Gasteiger charge is 2.84. The SMILES string of the molecule is CCC1(C(C)CC[P+](=O)O)NC(=O)C2(OCc3ccccc3)C(C1=O)C2(C)C. The van der Waals surface area contributed by atoms with Crippen molar-refractivity contribution in [1.29, 1.82) is 0 Å². The molecule has 6 nitrogen and oxygen atoms in total. The van der Waals surface area contributed by atoms with E-state index in [1.165, 1.54) is 0 Å². The molecule has 2 fully saturated rings. The van der Waals surface area contributed by atoms with Gasteiger partial charge in [0, 0.05) is 5.41 Å². The fourth-order valence-electron chi connectivity index (χ4n) is 4.91. The van der Waals surface area contributed by atoms with Gasteiger partial charge in [-0.1, -0.05) is 58.0 Å². The maximum absolute atomic E-state index is 13.6. The van der Waals surface area contributed by atoms with Crippen LogP contribution in [0.3, 0.4) is 0 Å². The number of fused-ring (bicyclic) bond motifs is 1. The lowest BCUT2D eigenvalue weighted by atomic mass is 9.73. The molecule has 0 radical (unpaired) electrons. The molecule has 0 aromatic heterocycles. The first kappa shape index (κ1) is 21.1. The van der Waals surface area contributed by atoms with Crippen LogP contribution in [0.2, 0.25) is 0 Å². The van der Waals surface area contributed by atoms with Gasteiger partial charge in [0.05, 0.1) is 12.5 Å². The van der Waals surface area contributed by atoms with Crippen LogP contribution in [0.5, 0.6) is 0 Å². The third-order valence-corrected chi connectivity index (χ3v) is 7.48. The number of benzene rings is 1. The van der Waals surface area contributed by atoms with Crippen molar-refractivity contribution in [1.82, 2.24) is 5.32 Å². The molecule has 2 aliphatic rings. The standard InChI is InChI=1S/C21H28NO5P/c1-5-20(14(2)11-12-28(25)26)17(23)16-19(3,4)21(16,18(24)22-20)27-13-15-9-7-6-8-10-15/h6-10,14,16H,5,11-13H2,1-4H3,(H-,22,24,25,26)/p+1. The zero-order chi connectivity index (χ0) is 20.7. The predicted molar refractivity (Wildman–Crippen MR) is 106 cm³/mol. The van der Waals surface area contributed by atoms with E-state index in [0.717, 1.165) is 5.56 Å². The van der Waals surface area contributed by atoms with E-state index in [2.05, 4.69) is 5.32 Å². The number of ether oxygens (including phenoxy) is 1. The summed E-state index contributed by atoms with van der Waals surface area (Å²) in [6.45, 7) is 7.82. The molecule has 152 valence electrons. The first-order valence-electron chi connectivity index (χ1n) is 9.82. The number of ketones is 1. The van der Waals surface area contributed by atoms with Gasteiger partial charge in [-0.25, -0.2) is 0 Å². The summed E-state index contributed by atoms with van der Waals surface area (Å²) in [4.78, 5) is 36.0. The van der Waals surface area contributed by atoms with Crippen molar-refractivity contribution in [3.63, 3.8) is 0 Å². The molecule has 1 amide bonds. The molecule has 2 N–H and O–H groups in total. The Kier molecular flexibility index (Phi) is 5.52. The molecule has 1 aromatic rings. The van der Waals surface area contributed by atoms with Crippen molar-refractivity contribution in [3.8, 4) is 0 Å². The summed E-state index contributed by atoms with van der Waals surface area (Å²) in [6.07, 6.45) is 0.962. The van der Waals surface area contributed by atoms with Gasteiger partial charge in [-0.3, -0.25) is 9.59 Å². The molecule has 0 spiro atoms. The molecule has 5 unspecified atom stereocenters. The average Bonchev–Trinajstić information content (AvgIpc) is 3.18. The molecule has 28 heavy (non-hydrogen) atoms. The highest BCUT2D eigenvalue weighted by molar-refractivity contribution is 7.37. The molecule has 1 heterocycles. The van der Waals surface area contributed by atoms with Gasteiger partial charge in [0.15, 0.2) is 17.5 Å². The van der Waals surface area contributed by atoms with Crippen LogP contribution in [0.15, 0.2) is 30.3 Å². The van der Waals surface area contributed by atoms with Gasteiger partial charge in [0.1, 0.15) is 5.54 Å². The third kappa shape index (κ3) is 3.02. The highest BCUT2D eigenvalue weighted by atomic mass is 31.1. The molecule has 3 rings (SSSR count). The summed E-state index contributed by atoms with van der Waals surface area (Å²) in [5.74, 6) is -1.01. The number of rotatable bonds is 8. The number of Topliss-reactive ketones (excluding diaryl/α,β-unsaturated/α-hetero) is 1. The highest BCUT2D eigenvalue weighted by Crippen LogP contribution is 2.68. The van der Waals surface area contributed by atoms with Crippen LogP contribution < -0.4 is 5.32 Å². The molecule has 5 atom stereocenters. The third-order valence-electron chi connectivity index (χ3n) is 6.84. The maximum atomic E-state index is 13.6. The number of amides is 1. The largest absolute Gasteiger partial charge is 0.505 e. The number of carbonyl (C=O) groups excluding carboxylic acids is 2. The quantitative estimate of drug-likeness (QED) is 0.647. The molecular weight excluding hydrogens is 377 g/mol. The zero-order valence-corrected chi connectivity index (χ0v) is 17.8. The Morgan fingerprint density at radius 3 is 2.46 bits per heavy atom. The Hall–Kier alpha value is -1.62. The van der Waals surface area contributed by atoms with Gasteiger partial charge in [-0.05, 0) is 28.9 Å². The minimum atomic E-state index is -2.27. The van der Waals surface area contributed by atoms with E-state index in [0.29, 0.717) is 12.8 Å². The number of hydrogen-bond donors (Lipinski definition) is 2. The fraction of sp³-hybridized carbons (Fsp3) is 0.619. The van der Waals surface area contributed by atoms with Crippen molar-refractivity contribution in [2.24, 2.45) is 17.3 Å². The first-order valence-corrected chi connectivity index (χ1v) is 11.2. The van der Waals surface area contributed by atoms with Gasteiger partial charge in [-0.2, -0.15) is 4.89 Å². The normalized spacial score (nSPS) is 32.3. The maximum Gasteiger partial charge on any atom is 0.505 e. The zero-order valence-electron chi connectivity index (χ0n) is 16.9. The van der Waals surface area contributed by atoms with Crippen molar-refractivity contribution in [3.05, 3.63) is 35.9 Å². The van der Waals surface area contributed by atoms with Crippen LogP contribution >= 0.6 is 8.03 Å². The minimum Gasteiger partial charge on any atom is -0.359 e. The lowest BCUT2D eigenvalue weighted by Gasteiger charge is -2.42.